The molecular weight excluding hydrogens is 313 g/mol. The summed E-state index contributed by atoms with van der Waals surface area (Å²) in [5.74, 6) is -0.952. The fourth-order valence-electron chi connectivity index (χ4n) is 2.05. The second-order valence-electron chi connectivity index (χ2n) is 5.74. The predicted octanol–water partition coefficient (Wildman–Crippen LogP) is 2.24. The minimum Gasteiger partial charge on any atom is -0.488 e. The van der Waals surface area contributed by atoms with Crippen molar-refractivity contribution in [3.05, 3.63) is 57.0 Å². The number of amides is 1. The molecule has 0 saturated carbocycles. The number of halogens is 1. The number of carbonyl (C=O) groups excluding carboxylic acids is 1. The van der Waals surface area contributed by atoms with Crippen molar-refractivity contribution in [1.29, 1.82) is 0 Å². The third-order valence-corrected chi connectivity index (χ3v) is 3.37. The molecule has 0 aliphatic heterocycles. The standard InChI is InChI=1S/C17H20FN3O3/c1-9(2)24-14-6-5-12(7-13(14)18)8-19-16(22)15-17(23)21-11(4)10(3)20-15/h5-7,9H,8H2,1-4H3,(H,19,22)(H,21,23). The number of aromatic amines is 1. The van der Waals surface area contributed by atoms with Crippen molar-refractivity contribution in [2.75, 3.05) is 0 Å². The van der Waals surface area contributed by atoms with Gasteiger partial charge in [0.25, 0.3) is 11.5 Å². The maximum absolute atomic E-state index is 13.9. The molecule has 1 heterocycles. The summed E-state index contributed by atoms with van der Waals surface area (Å²) in [4.78, 5) is 30.4. The zero-order valence-electron chi connectivity index (χ0n) is 14.1. The van der Waals surface area contributed by atoms with Crippen LogP contribution in [0.3, 0.4) is 0 Å². The highest BCUT2D eigenvalue weighted by molar-refractivity contribution is 5.91. The van der Waals surface area contributed by atoms with Crippen LogP contribution in [0, 0.1) is 19.7 Å². The molecule has 0 aliphatic rings. The first-order valence-corrected chi connectivity index (χ1v) is 7.58. The first-order chi connectivity index (χ1) is 11.3. The van der Waals surface area contributed by atoms with Crippen molar-refractivity contribution >= 4 is 5.91 Å². The first kappa shape index (κ1) is 17.7. The Labute approximate surface area is 139 Å². The summed E-state index contributed by atoms with van der Waals surface area (Å²) >= 11 is 0. The van der Waals surface area contributed by atoms with E-state index in [1.807, 2.05) is 13.8 Å². The van der Waals surface area contributed by atoms with E-state index in [9.17, 15) is 14.0 Å². The van der Waals surface area contributed by atoms with E-state index in [0.29, 0.717) is 17.0 Å². The minimum atomic E-state index is -0.609. The number of benzene rings is 1. The van der Waals surface area contributed by atoms with E-state index >= 15 is 0 Å². The van der Waals surface area contributed by atoms with Gasteiger partial charge in [-0.1, -0.05) is 6.07 Å². The Balaban J connectivity index is 2.08. The molecule has 0 bridgehead atoms. The second kappa shape index (κ2) is 7.25. The lowest BCUT2D eigenvalue weighted by molar-refractivity contribution is 0.0944. The van der Waals surface area contributed by atoms with Crippen LogP contribution < -0.4 is 15.6 Å². The Bertz CT molecular complexity index is 815. The molecule has 0 fully saturated rings. The second-order valence-corrected chi connectivity index (χ2v) is 5.74. The zero-order valence-corrected chi connectivity index (χ0v) is 14.1. The Kier molecular flexibility index (Phi) is 5.33. The summed E-state index contributed by atoms with van der Waals surface area (Å²) in [7, 11) is 0. The zero-order chi connectivity index (χ0) is 17.9. The van der Waals surface area contributed by atoms with Crippen molar-refractivity contribution in [3.8, 4) is 5.75 Å². The van der Waals surface area contributed by atoms with Gasteiger partial charge < -0.3 is 15.0 Å². The third kappa shape index (κ3) is 4.18. The number of hydrogen-bond acceptors (Lipinski definition) is 4. The third-order valence-electron chi connectivity index (χ3n) is 3.37. The number of nitrogens with one attached hydrogen (secondary N) is 2. The summed E-state index contributed by atoms with van der Waals surface area (Å²) in [5.41, 5.74) is 0.971. The van der Waals surface area contributed by atoms with E-state index in [4.69, 9.17) is 4.74 Å². The normalized spacial score (nSPS) is 10.8. The molecule has 0 aliphatic carbocycles. The van der Waals surface area contributed by atoms with Crippen LogP contribution in [0.5, 0.6) is 5.75 Å². The van der Waals surface area contributed by atoms with E-state index in [1.165, 1.54) is 12.1 Å². The average molecular weight is 333 g/mol. The van der Waals surface area contributed by atoms with Gasteiger partial charge in [0.05, 0.1) is 11.8 Å². The van der Waals surface area contributed by atoms with Crippen molar-refractivity contribution in [2.45, 2.75) is 40.3 Å². The van der Waals surface area contributed by atoms with Gasteiger partial charge in [-0.2, -0.15) is 0 Å². The number of ether oxygens (including phenoxy) is 1. The lowest BCUT2D eigenvalue weighted by Gasteiger charge is -2.12. The van der Waals surface area contributed by atoms with Gasteiger partial charge in [-0.15, -0.1) is 0 Å². The van der Waals surface area contributed by atoms with Crippen LogP contribution in [-0.2, 0) is 6.54 Å². The highest BCUT2D eigenvalue weighted by Gasteiger charge is 2.14. The van der Waals surface area contributed by atoms with Gasteiger partial charge in [0.15, 0.2) is 17.3 Å². The lowest BCUT2D eigenvalue weighted by Crippen LogP contribution is -2.31. The molecule has 24 heavy (non-hydrogen) atoms. The summed E-state index contributed by atoms with van der Waals surface area (Å²) in [5, 5.41) is 2.56. The van der Waals surface area contributed by atoms with E-state index < -0.39 is 17.3 Å². The molecule has 0 radical (unpaired) electrons. The molecule has 2 aromatic rings. The smallest absolute Gasteiger partial charge is 0.279 e. The number of H-pyrrole nitrogens is 1. The number of aromatic nitrogens is 2. The molecule has 1 aromatic heterocycles. The summed E-state index contributed by atoms with van der Waals surface area (Å²) in [6.45, 7) is 7.09. The Morgan fingerprint density at radius 1 is 1.38 bits per heavy atom. The van der Waals surface area contributed by atoms with E-state index in [-0.39, 0.29) is 24.1 Å². The maximum atomic E-state index is 13.9. The van der Waals surface area contributed by atoms with Gasteiger partial charge >= 0.3 is 0 Å². The fourth-order valence-corrected chi connectivity index (χ4v) is 2.05. The number of aryl methyl sites for hydroxylation is 2. The lowest BCUT2D eigenvalue weighted by atomic mass is 10.2. The van der Waals surface area contributed by atoms with Crippen LogP contribution in [-0.4, -0.2) is 22.0 Å². The van der Waals surface area contributed by atoms with Gasteiger partial charge in [0, 0.05) is 12.2 Å². The SMILES string of the molecule is Cc1nc(C(=O)NCc2ccc(OC(C)C)c(F)c2)c(=O)[nH]c1C. The predicted molar refractivity (Wildman–Crippen MR) is 87.7 cm³/mol. The van der Waals surface area contributed by atoms with E-state index in [1.54, 1.807) is 19.9 Å². The number of hydrogen-bond donors (Lipinski definition) is 2. The van der Waals surface area contributed by atoms with Crippen molar-refractivity contribution < 1.29 is 13.9 Å². The average Bonchev–Trinajstić information content (AvgIpc) is 2.50. The number of rotatable bonds is 5. The highest BCUT2D eigenvalue weighted by atomic mass is 19.1. The van der Waals surface area contributed by atoms with E-state index in [2.05, 4.69) is 15.3 Å². The molecular formula is C17H20FN3O3. The van der Waals surface area contributed by atoms with Crippen LogP contribution in [0.4, 0.5) is 4.39 Å². The quantitative estimate of drug-likeness (QED) is 0.879. The van der Waals surface area contributed by atoms with Crippen molar-refractivity contribution in [1.82, 2.24) is 15.3 Å². The molecule has 6 nitrogen and oxygen atoms in total. The Morgan fingerprint density at radius 3 is 2.71 bits per heavy atom. The van der Waals surface area contributed by atoms with Gasteiger partial charge in [0.1, 0.15) is 0 Å². The van der Waals surface area contributed by atoms with E-state index in [0.717, 1.165) is 0 Å². The van der Waals surface area contributed by atoms with Crippen LogP contribution >= 0.6 is 0 Å². The molecule has 0 saturated heterocycles. The minimum absolute atomic E-state index is 0.0752. The molecule has 1 amide bonds. The molecule has 7 heteroatoms. The molecule has 0 atom stereocenters. The highest BCUT2D eigenvalue weighted by Crippen LogP contribution is 2.19. The van der Waals surface area contributed by atoms with Gasteiger partial charge in [-0.05, 0) is 45.4 Å². The Morgan fingerprint density at radius 2 is 2.08 bits per heavy atom. The fraction of sp³-hybridized carbons (Fsp3) is 0.353. The molecule has 0 spiro atoms. The Hall–Kier alpha value is -2.70. The van der Waals surface area contributed by atoms with Gasteiger partial charge in [0.2, 0.25) is 0 Å². The van der Waals surface area contributed by atoms with Crippen LogP contribution in [0.25, 0.3) is 0 Å². The summed E-state index contributed by atoms with van der Waals surface area (Å²) < 4.78 is 19.2. The molecule has 128 valence electrons. The van der Waals surface area contributed by atoms with Crippen LogP contribution in [0.15, 0.2) is 23.0 Å². The first-order valence-electron chi connectivity index (χ1n) is 7.58. The monoisotopic (exact) mass is 333 g/mol. The van der Waals surface area contributed by atoms with Crippen LogP contribution in [0.1, 0.15) is 41.3 Å². The number of nitrogens with zero attached hydrogens (tertiary/aromatic N) is 1. The van der Waals surface area contributed by atoms with Crippen molar-refractivity contribution in [2.24, 2.45) is 0 Å². The molecule has 2 rings (SSSR count). The molecule has 1 aromatic carbocycles. The largest absolute Gasteiger partial charge is 0.488 e. The summed E-state index contributed by atoms with van der Waals surface area (Å²) in [6, 6.07) is 4.45. The topological polar surface area (TPSA) is 84.1 Å². The number of carbonyl (C=O) groups is 1. The van der Waals surface area contributed by atoms with Crippen molar-refractivity contribution in [3.63, 3.8) is 0 Å². The summed E-state index contributed by atoms with van der Waals surface area (Å²) in [6.07, 6.45) is -0.132. The van der Waals surface area contributed by atoms with Crippen LogP contribution in [0.2, 0.25) is 0 Å². The van der Waals surface area contributed by atoms with Gasteiger partial charge in [-0.25, -0.2) is 9.37 Å². The maximum Gasteiger partial charge on any atom is 0.279 e. The molecule has 0 unspecified atom stereocenters. The van der Waals surface area contributed by atoms with Gasteiger partial charge in [-0.3, -0.25) is 9.59 Å². The molecule has 2 N–H and O–H groups in total.